The van der Waals surface area contributed by atoms with Crippen molar-refractivity contribution in [3.8, 4) is 0 Å². The standard InChI is InChI=1S/C12H15N3O5/c1-2-20-12(17)10(8-15(18)19)13-14-11(16)9-6-4-3-5-7-9/h3-7,10,13H,2,8H2,1H3,(H,14,16). The quantitative estimate of drug-likeness (QED) is 0.417. The third-order valence-corrected chi connectivity index (χ3v) is 2.30. The maximum atomic E-state index is 11.7. The Kier molecular flexibility index (Phi) is 6.11. The van der Waals surface area contributed by atoms with Crippen LogP contribution in [-0.4, -0.2) is 36.0 Å². The van der Waals surface area contributed by atoms with E-state index in [1.54, 1.807) is 37.3 Å². The third-order valence-electron chi connectivity index (χ3n) is 2.30. The van der Waals surface area contributed by atoms with Crippen molar-refractivity contribution < 1.29 is 19.2 Å². The van der Waals surface area contributed by atoms with E-state index >= 15 is 0 Å². The number of carbonyl (C=O) groups is 2. The van der Waals surface area contributed by atoms with E-state index in [1.165, 1.54) is 0 Å². The number of nitro groups is 1. The van der Waals surface area contributed by atoms with Crippen LogP contribution in [0.15, 0.2) is 30.3 Å². The van der Waals surface area contributed by atoms with E-state index in [9.17, 15) is 19.7 Å². The van der Waals surface area contributed by atoms with Crippen molar-refractivity contribution in [1.29, 1.82) is 0 Å². The fourth-order valence-electron chi connectivity index (χ4n) is 1.39. The first kappa shape index (κ1) is 15.6. The molecule has 1 unspecified atom stereocenters. The zero-order chi connectivity index (χ0) is 15.0. The lowest BCUT2D eigenvalue weighted by atomic mass is 10.2. The van der Waals surface area contributed by atoms with E-state index in [0.29, 0.717) is 5.56 Å². The van der Waals surface area contributed by atoms with Crippen LogP contribution in [0.25, 0.3) is 0 Å². The molecule has 0 saturated heterocycles. The molecule has 1 rings (SSSR count). The SMILES string of the molecule is CCOC(=O)C(C[N+](=O)[O-])NNC(=O)c1ccccc1. The molecule has 1 aromatic carbocycles. The average Bonchev–Trinajstić information content (AvgIpc) is 2.43. The fourth-order valence-corrected chi connectivity index (χ4v) is 1.39. The molecule has 20 heavy (non-hydrogen) atoms. The summed E-state index contributed by atoms with van der Waals surface area (Å²) in [4.78, 5) is 33.0. The van der Waals surface area contributed by atoms with E-state index in [-0.39, 0.29) is 6.61 Å². The Hall–Kier alpha value is -2.48. The number of ether oxygens (including phenoxy) is 1. The molecule has 0 aliphatic rings. The predicted molar refractivity (Wildman–Crippen MR) is 69.3 cm³/mol. The first-order valence-electron chi connectivity index (χ1n) is 5.94. The highest BCUT2D eigenvalue weighted by molar-refractivity contribution is 5.94. The normalized spacial score (nSPS) is 11.4. The highest BCUT2D eigenvalue weighted by Gasteiger charge is 2.25. The lowest BCUT2D eigenvalue weighted by Gasteiger charge is -2.14. The van der Waals surface area contributed by atoms with Crippen molar-refractivity contribution in [2.45, 2.75) is 13.0 Å². The fraction of sp³-hybridized carbons (Fsp3) is 0.333. The smallest absolute Gasteiger partial charge is 0.331 e. The molecule has 0 aliphatic carbocycles. The molecule has 1 atom stereocenters. The van der Waals surface area contributed by atoms with Crippen LogP contribution in [-0.2, 0) is 9.53 Å². The van der Waals surface area contributed by atoms with E-state index < -0.39 is 29.4 Å². The lowest BCUT2D eigenvalue weighted by Crippen LogP contribution is -2.51. The molecule has 0 aliphatic heterocycles. The van der Waals surface area contributed by atoms with E-state index in [0.717, 1.165) is 0 Å². The number of hydrazine groups is 1. The van der Waals surface area contributed by atoms with Crippen molar-refractivity contribution in [1.82, 2.24) is 10.9 Å². The van der Waals surface area contributed by atoms with Crippen molar-refractivity contribution in [3.05, 3.63) is 46.0 Å². The van der Waals surface area contributed by atoms with Gasteiger partial charge < -0.3 is 4.74 Å². The molecule has 0 radical (unpaired) electrons. The Morgan fingerprint density at radius 2 is 2.00 bits per heavy atom. The molecule has 0 heterocycles. The van der Waals surface area contributed by atoms with Gasteiger partial charge in [-0.15, -0.1) is 0 Å². The summed E-state index contributed by atoms with van der Waals surface area (Å²) in [6, 6.07) is 7.01. The van der Waals surface area contributed by atoms with Gasteiger partial charge in [0.1, 0.15) is 0 Å². The Bertz CT molecular complexity index is 477. The van der Waals surface area contributed by atoms with Crippen molar-refractivity contribution >= 4 is 11.9 Å². The number of hydrogen-bond donors (Lipinski definition) is 2. The Morgan fingerprint density at radius 1 is 1.35 bits per heavy atom. The van der Waals surface area contributed by atoms with Gasteiger partial charge in [-0.2, -0.15) is 0 Å². The first-order valence-corrected chi connectivity index (χ1v) is 5.94. The molecule has 8 nitrogen and oxygen atoms in total. The third kappa shape index (κ3) is 5.02. The number of hydrogen-bond acceptors (Lipinski definition) is 6. The summed E-state index contributed by atoms with van der Waals surface area (Å²) in [5.74, 6) is -1.29. The van der Waals surface area contributed by atoms with Crippen LogP contribution in [0.2, 0.25) is 0 Å². The average molecular weight is 281 g/mol. The van der Waals surface area contributed by atoms with Crippen LogP contribution in [0.3, 0.4) is 0 Å². The summed E-state index contributed by atoms with van der Waals surface area (Å²) in [6.45, 7) is 0.999. The number of rotatable bonds is 7. The van der Waals surface area contributed by atoms with E-state index in [1.807, 2.05) is 0 Å². The van der Waals surface area contributed by atoms with Gasteiger partial charge in [0, 0.05) is 10.5 Å². The van der Waals surface area contributed by atoms with Gasteiger partial charge in [0.05, 0.1) is 6.61 Å². The summed E-state index contributed by atoms with van der Waals surface area (Å²) in [5.41, 5.74) is 4.93. The Morgan fingerprint density at radius 3 is 2.55 bits per heavy atom. The van der Waals surface area contributed by atoms with Crippen LogP contribution in [0.1, 0.15) is 17.3 Å². The van der Waals surface area contributed by atoms with Gasteiger partial charge in [0.2, 0.25) is 6.54 Å². The molecule has 2 N–H and O–H groups in total. The van der Waals surface area contributed by atoms with Gasteiger partial charge in [-0.25, -0.2) is 5.43 Å². The molecule has 108 valence electrons. The zero-order valence-electron chi connectivity index (χ0n) is 10.9. The van der Waals surface area contributed by atoms with Gasteiger partial charge in [-0.1, -0.05) is 18.2 Å². The monoisotopic (exact) mass is 281 g/mol. The largest absolute Gasteiger partial charge is 0.465 e. The number of benzene rings is 1. The highest BCUT2D eigenvalue weighted by atomic mass is 16.6. The molecule has 8 heteroatoms. The minimum absolute atomic E-state index is 0.0986. The van der Waals surface area contributed by atoms with Crippen LogP contribution in [0, 0.1) is 10.1 Å². The number of carbonyl (C=O) groups excluding carboxylic acids is 2. The molecule has 1 amide bonds. The van der Waals surface area contributed by atoms with Crippen LogP contribution in [0.4, 0.5) is 0 Å². The second-order valence-electron chi connectivity index (χ2n) is 3.78. The van der Waals surface area contributed by atoms with Crippen molar-refractivity contribution in [3.63, 3.8) is 0 Å². The second kappa shape index (κ2) is 7.85. The summed E-state index contributed by atoms with van der Waals surface area (Å²) in [7, 11) is 0. The summed E-state index contributed by atoms with van der Waals surface area (Å²) in [6.07, 6.45) is 0. The Balaban J connectivity index is 2.59. The van der Waals surface area contributed by atoms with Gasteiger partial charge >= 0.3 is 5.97 Å². The van der Waals surface area contributed by atoms with Crippen LogP contribution < -0.4 is 10.9 Å². The van der Waals surface area contributed by atoms with Crippen LogP contribution >= 0.6 is 0 Å². The summed E-state index contributed by atoms with van der Waals surface area (Å²) < 4.78 is 4.69. The maximum absolute atomic E-state index is 11.7. The zero-order valence-corrected chi connectivity index (χ0v) is 10.9. The number of nitrogens with zero attached hydrogens (tertiary/aromatic N) is 1. The lowest BCUT2D eigenvalue weighted by molar-refractivity contribution is -0.482. The number of esters is 1. The molecular formula is C12H15N3O5. The highest BCUT2D eigenvalue weighted by Crippen LogP contribution is 1.97. The van der Waals surface area contributed by atoms with E-state index in [4.69, 9.17) is 0 Å². The molecule has 0 aromatic heterocycles. The van der Waals surface area contributed by atoms with Gasteiger partial charge in [0.15, 0.2) is 6.04 Å². The van der Waals surface area contributed by atoms with Crippen LogP contribution in [0.5, 0.6) is 0 Å². The number of nitrogens with one attached hydrogen (secondary N) is 2. The summed E-state index contributed by atoms with van der Waals surface area (Å²) >= 11 is 0. The minimum Gasteiger partial charge on any atom is -0.465 e. The maximum Gasteiger partial charge on any atom is 0.331 e. The molecule has 0 saturated carbocycles. The topological polar surface area (TPSA) is 111 Å². The molecule has 1 aromatic rings. The first-order chi connectivity index (χ1) is 9.54. The van der Waals surface area contributed by atoms with Gasteiger partial charge in [-0.05, 0) is 19.1 Å². The van der Waals surface area contributed by atoms with Crippen molar-refractivity contribution in [2.75, 3.05) is 13.2 Å². The van der Waals surface area contributed by atoms with Gasteiger partial charge in [0.25, 0.3) is 5.91 Å². The molecule has 0 spiro atoms. The predicted octanol–water partition coefficient (Wildman–Crippen LogP) is 0.129. The summed E-state index contributed by atoms with van der Waals surface area (Å²) in [5, 5.41) is 10.5. The molecule has 0 bridgehead atoms. The Labute approximate surface area is 115 Å². The molecular weight excluding hydrogens is 266 g/mol. The number of amides is 1. The second-order valence-corrected chi connectivity index (χ2v) is 3.78. The van der Waals surface area contributed by atoms with Crippen molar-refractivity contribution in [2.24, 2.45) is 0 Å². The molecule has 0 fully saturated rings. The van der Waals surface area contributed by atoms with Gasteiger partial charge in [-0.3, -0.25) is 25.1 Å². The minimum atomic E-state index is -1.24. The van der Waals surface area contributed by atoms with E-state index in [2.05, 4.69) is 15.6 Å².